The number of para-hydroxylation sites is 1. The number of hydrogen-bond acceptors (Lipinski definition) is 5. The highest BCUT2D eigenvalue weighted by Gasteiger charge is 2.26. The molecule has 1 heterocycles. The van der Waals surface area contributed by atoms with Crippen molar-refractivity contribution < 1.29 is 19.1 Å². The van der Waals surface area contributed by atoms with E-state index in [-0.39, 0.29) is 18.4 Å². The highest BCUT2D eigenvalue weighted by atomic mass is 16.5. The summed E-state index contributed by atoms with van der Waals surface area (Å²) >= 11 is 0. The SMILES string of the molecule is CC(C(=O)NCCN1CCOCC1)N(Cc1ccccc1)C(=O)COc1ccccc1. The lowest BCUT2D eigenvalue weighted by Gasteiger charge is -2.30. The zero-order valence-corrected chi connectivity index (χ0v) is 18.0. The van der Waals surface area contributed by atoms with E-state index in [0.717, 1.165) is 38.4 Å². The van der Waals surface area contributed by atoms with E-state index in [2.05, 4.69) is 10.2 Å². The van der Waals surface area contributed by atoms with Crippen molar-refractivity contribution in [3.05, 3.63) is 66.2 Å². The molecule has 1 fully saturated rings. The molecule has 1 unspecified atom stereocenters. The standard InChI is InChI=1S/C24H31N3O4/c1-20(24(29)25-12-13-26-14-16-30-17-15-26)27(18-21-8-4-2-5-9-21)23(28)19-31-22-10-6-3-7-11-22/h2-11,20H,12-19H2,1H3,(H,25,29). The van der Waals surface area contributed by atoms with Crippen molar-refractivity contribution in [1.29, 1.82) is 0 Å². The van der Waals surface area contributed by atoms with Gasteiger partial charge in [-0.15, -0.1) is 0 Å². The van der Waals surface area contributed by atoms with Gasteiger partial charge in [-0.2, -0.15) is 0 Å². The van der Waals surface area contributed by atoms with E-state index in [4.69, 9.17) is 9.47 Å². The lowest BCUT2D eigenvalue weighted by Crippen LogP contribution is -2.50. The Bertz CT molecular complexity index is 810. The maximum absolute atomic E-state index is 13.0. The lowest BCUT2D eigenvalue weighted by atomic mass is 10.1. The molecule has 1 saturated heterocycles. The maximum Gasteiger partial charge on any atom is 0.261 e. The monoisotopic (exact) mass is 425 g/mol. The summed E-state index contributed by atoms with van der Waals surface area (Å²) in [5.41, 5.74) is 0.962. The van der Waals surface area contributed by atoms with Crippen LogP contribution >= 0.6 is 0 Å². The summed E-state index contributed by atoms with van der Waals surface area (Å²) in [6.07, 6.45) is 0. The van der Waals surface area contributed by atoms with Gasteiger partial charge in [-0.25, -0.2) is 0 Å². The average Bonchev–Trinajstić information content (AvgIpc) is 2.82. The molecule has 7 nitrogen and oxygen atoms in total. The van der Waals surface area contributed by atoms with Gasteiger partial charge >= 0.3 is 0 Å². The quantitative estimate of drug-likeness (QED) is 0.630. The fourth-order valence-electron chi connectivity index (χ4n) is 3.42. The van der Waals surface area contributed by atoms with E-state index in [0.29, 0.717) is 18.8 Å². The molecule has 2 aromatic carbocycles. The summed E-state index contributed by atoms with van der Waals surface area (Å²) in [7, 11) is 0. The van der Waals surface area contributed by atoms with Crippen LogP contribution in [0.3, 0.4) is 0 Å². The van der Waals surface area contributed by atoms with Crippen LogP contribution in [0.4, 0.5) is 0 Å². The second-order valence-corrected chi connectivity index (χ2v) is 7.53. The van der Waals surface area contributed by atoms with Gasteiger partial charge in [-0.1, -0.05) is 48.5 Å². The third-order valence-electron chi connectivity index (χ3n) is 5.30. The first-order chi connectivity index (χ1) is 15.1. The molecule has 0 bridgehead atoms. The highest BCUT2D eigenvalue weighted by molar-refractivity contribution is 5.87. The Morgan fingerprint density at radius 1 is 1.06 bits per heavy atom. The van der Waals surface area contributed by atoms with Crippen LogP contribution in [0.25, 0.3) is 0 Å². The van der Waals surface area contributed by atoms with Crippen LogP contribution in [-0.4, -0.2) is 73.7 Å². The van der Waals surface area contributed by atoms with Gasteiger partial charge in [0.15, 0.2) is 6.61 Å². The smallest absolute Gasteiger partial charge is 0.261 e. The summed E-state index contributed by atoms with van der Waals surface area (Å²) in [5, 5.41) is 2.97. The van der Waals surface area contributed by atoms with Gasteiger partial charge in [0.05, 0.1) is 13.2 Å². The highest BCUT2D eigenvalue weighted by Crippen LogP contribution is 2.12. The molecule has 0 radical (unpaired) electrons. The number of nitrogens with zero attached hydrogens (tertiary/aromatic N) is 2. The normalized spacial score (nSPS) is 15.1. The Balaban J connectivity index is 1.58. The number of benzene rings is 2. The Hall–Kier alpha value is -2.90. The molecule has 1 N–H and O–H groups in total. The Morgan fingerprint density at radius 2 is 1.71 bits per heavy atom. The molecule has 2 aromatic rings. The van der Waals surface area contributed by atoms with Gasteiger partial charge in [0.1, 0.15) is 11.8 Å². The van der Waals surface area contributed by atoms with Crippen molar-refractivity contribution in [3.8, 4) is 5.75 Å². The molecule has 31 heavy (non-hydrogen) atoms. The van der Waals surface area contributed by atoms with Crippen LogP contribution in [0.2, 0.25) is 0 Å². The number of amides is 2. The summed E-state index contributed by atoms with van der Waals surface area (Å²) in [5.74, 6) is 0.221. The van der Waals surface area contributed by atoms with E-state index < -0.39 is 6.04 Å². The molecular weight excluding hydrogens is 394 g/mol. The van der Waals surface area contributed by atoms with Gasteiger partial charge in [-0.05, 0) is 24.6 Å². The Kier molecular flexibility index (Phi) is 8.87. The summed E-state index contributed by atoms with van der Waals surface area (Å²) in [6.45, 7) is 6.49. The zero-order valence-electron chi connectivity index (χ0n) is 18.0. The largest absolute Gasteiger partial charge is 0.484 e. The van der Waals surface area contributed by atoms with E-state index in [1.54, 1.807) is 24.0 Å². The Morgan fingerprint density at radius 3 is 2.39 bits per heavy atom. The first-order valence-corrected chi connectivity index (χ1v) is 10.7. The molecular formula is C24H31N3O4. The van der Waals surface area contributed by atoms with Crippen molar-refractivity contribution in [1.82, 2.24) is 15.1 Å². The summed E-state index contributed by atoms with van der Waals surface area (Å²) in [4.78, 5) is 29.6. The van der Waals surface area contributed by atoms with Gasteiger partial charge < -0.3 is 19.7 Å². The van der Waals surface area contributed by atoms with E-state index >= 15 is 0 Å². The molecule has 7 heteroatoms. The van der Waals surface area contributed by atoms with Crippen molar-refractivity contribution in [2.24, 2.45) is 0 Å². The number of ether oxygens (including phenoxy) is 2. The van der Waals surface area contributed by atoms with E-state index in [1.807, 2.05) is 48.5 Å². The number of hydrogen-bond donors (Lipinski definition) is 1. The molecule has 2 amide bonds. The molecule has 1 atom stereocenters. The second-order valence-electron chi connectivity index (χ2n) is 7.53. The van der Waals surface area contributed by atoms with Crippen LogP contribution in [0.1, 0.15) is 12.5 Å². The number of nitrogens with one attached hydrogen (secondary N) is 1. The molecule has 0 saturated carbocycles. The van der Waals surface area contributed by atoms with E-state index in [1.165, 1.54) is 0 Å². The van der Waals surface area contributed by atoms with Crippen molar-refractivity contribution in [2.45, 2.75) is 19.5 Å². The predicted molar refractivity (Wildman–Crippen MR) is 119 cm³/mol. The van der Waals surface area contributed by atoms with Crippen molar-refractivity contribution in [3.63, 3.8) is 0 Å². The number of carbonyl (C=O) groups excluding carboxylic acids is 2. The minimum atomic E-state index is -0.614. The third kappa shape index (κ3) is 7.38. The molecule has 1 aliphatic rings. The number of morpholine rings is 1. The van der Waals surface area contributed by atoms with Gasteiger partial charge in [-0.3, -0.25) is 14.5 Å². The van der Waals surface area contributed by atoms with E-state index in [9.17, 15) is 9.59 Å². The molecule has 1 aliphatic heterocycles. The van der Waals surface area contributed by atoms with Crippen LogP contribution in [0.5, 0.6) is 5.75 Å². The first kappa shape index (κ1) is 22.8. The fraction of sp³-hybridized carbons (Fsp3) is 0.417. The lowest BCUT2D eigenvalue weighted by molar-refractivity contribution is -0.142. The zero-order chi connectivity index (χ0) is 21.9. The minimum Gasteiger partial charge on any atom is -0.484 e. The maximum atomic E-state index is 13.0. The molecule has 166 valence electrons. The van der Waals surface area contributed by atoms with Crippen LogP contribution in [-0.2, 0) is 20.9 Å². The van der Waals surface area contributed by atoms with Crippen molar-refractivity contribution >= 4 is 11.8 Å². The van der Waals surface area contributed by atoms with Gasteiger partial charge in [0.2, 0.25) is 5.91 Å². The number of rotatable bonds is 10. The van der Waals surface area contributed by atoms with Crippen molar-refractivity contribution in [2.75, 3.05) is 46.0 Å². The summed E-state index contributed by atoms with van der Waals surface area (Å²) in [6, 6.07) is 18.2. The summed E-state index contributed by atoms with van der Waals surface area (Å²) < 4.78 is 11.0. The fourth-order valence-corrected chi connectivity index (χ4v) is 3.42. The average molecular weight is 426 g/mol. The van der Waals surface area contributed by atoms with Crippen LogP contribution < -0.4 is 10.1 Å². The Labute approximate surface area is 183 Å². The topological polar surface area (TPSA) is 71.1 Å². The molecule has 0 aromatic heterocycles. The van der Waals surface area contributed by atoms with Gasteiger partial charge in [0, 0.05) is 32.7 Å². The minimum absolute atomic E-state index is 0.123. The predicted octanol–water partition coefficient (Wildman–Crippen LogP) is 1.93. The molecule has 3 rings (SSSR count). The van der Waals surface area contributed by atoms with Crippen LogP contribution in [0.15, 0.2) is 60.7 Å². The van der Waals surface area contributed by atoms with Crippen LogP contribution in [0, 0.1) is 0 Å². The third-order valence-corrected chi connectivity index (χ3v) is 5.30. The molecule has 0 aliphatic carbocycles. The molecule has 0 spiro atoms. The van der Waals surface area contributed by atoms with Gasteiger partial charge in [0.25, 0.3) is 5.91 Å². The number of carbonyl (C=O) groups is 2. The second kappa shape index (κ2) is 12.1. The first-order valence-electron chi connectivity index (χ1n) is 10.7.